The maximum absolute atomic E-state index is 12.9. The predicted octanol–water partition coefficient (Wildman–Crippen LogP) is 3.45. The molecule has 1 rings (SSSR count). The minimum absolute atomic E-state index is 0.395. The molecule has 1 nitrogen and oxygen atoms in total. The van der Waals surface area contributed by atoms with Gasteiger partial charge in [0.1, 0.15) is 11.6 Å². The number of halogens is 2. The second kappa shape index (κ2) is 7.17. The molecule has 0 aliphatic heterocycles. The molecule has 0 saturated carbocycles. The highest BCUT2D eigenvalue weighted by atomic mass is 19.1. The summed E-state index contributed by atoms with van der Waals surface area (Å²) in [4.78, 5) is 0. The Labute approximate surface area is 102 Å². The third-order valence-corrected chi connectivity index (χ3v) is 2.63. The van der Waals surface area contributed by atoms with Gasteiger partial charge in [-0.15, -0.1) is 6.58 Å². The first kappa shape index (κ1) is 13.8. The van der Waals surface area contributed by atoms with Crippen molar-refractivity contribution < 1.29 is 8.78 Å². The lowest BCUT2D eigenvalue weighted by atomic mass is 10.1. The molecule has 3 heteroatoms. The van der Waals surface area contributed by atoms with Crippen LogP contribution in [0.4, 0.5) is 8.78 Å². The van der Waals surface area contributed by atoms with Crippen molar-refractivity contribution >= 4 is 0 Å². The van der Waals surface area contributed by atoms with Crippen LogP contribution in [0, 0.1) is 11.6 Å². The van der Waals surface area contributed by atoms with Crippen molar-refractivity contribution in [3.05, 3.63) is 48.1 Å². The van der Waals surface area contributed by atoms with E-state index in [1.807, 2.05) is 6.08 Å². The Morgan fingerprint density at radius 1 is 1.29 bits per heavy atom. The number of allylic oxidation sites excluding steroid dienone is 1. The van der Waals surface area contributed by atoms with Gasteiger partial charge in [0.15, 0.2) is 0 Å². The molecule has 1 N–H and O–H groups in total. The molecule has 94 valence electrons. The summed E-state index contributed by atoms with van der Waals surface area (Å²) in [5, 5.41) is 3.31. The average molecular weight is 239 g/mol. The highest BCUT2D eigenvalue weighted by Gasteiger charge is 2.02. The summed E-state index contributed by atoms with van der Waals surface area (Å²) in [6.45, 7) is 6.49. The van der Waals surface area contributed by atoms with E-state index in [1.165, 1.54) is 12.1 Å². The van der Waals surface area contributed by atoms with E-state index in [1.54, 1.807) is 0 Å². The lowest BCUT2D eigenvalue weighted by molar-refractivity contribution is 0.519. The molecule has 17 heavy (non-hydrogen) atoms. The fraction of sp³-hybridized carbons (Fsp3) is 0.429. The number of hydrogen-bond donors (Lipinski definition) is 1. The molecule has 0 aromatic heterocycles. The van der Waals surface area contributed by atoms with Gasteiger partial charge in [-0.05, 0) is 50.4 Å². The van der Waals surface area contributed by atoms with E-state index < -0.39 is 11.6 Å². The van der Waals surface area contributed by atoms with Gasteiger partial charge in [-0.2, -0.15) is 0 Å². The molecule has 0 bridgehead atoms. The molecular formula is C14H19F2N. The van der Waals surface area contributed by atoms with Gasteiger partial charge in [-0.25, -0.2) is 8.78 Å². The predicted molar refractivity (Wildman–Crippen MR) is 67.0 cm³/mol. The van der Waals surface area contributed by atoms with E-state index in [2.05, 4.69) is 18.8 Å². The molecule has 0 heterocycles. The zero-order chi connectivity index (χ0) is 12.7. The molecule has 1 unspecified atom stereocenters. The average Bonchev–Trinajstić information content (AvgIpc) is 2.25. The van der Waals surface area contributed by atoms with Crippen molar-refractivity contribution in [1.29, 1.82) is 0 Å². The van der Waals surface area contributed by atoms with Crippen LogP contribution in [-0.2, 0) is 6.42 Å². The molecule has 0 radical (unpaired) electrons. The van der Waals surface area contributed by atoms with Crippen LogP contribution in [-0.4, -0.2) is 12.6 Å². The van der Waals surface area contributed by atoms with Gasteiger partial charge in [0.25, 0.3) is 0 Å². The summed E-state index contributed by atoms with van der Waals surface area (Å²) in [7, 11) is 0. The van der Waals surface area contributed by atoms with Crippen LogP contribution in [0.3, 0.4) is 0 Å². The second-order valence-electron chi connectivity index (χ2n) is 4.25. The Kier molecular flexibility index (Phi) is 5.84. The van der Waals surface area contributed by atoms with Crippen molar-refractivity contribution in [1.82, 2.24) is 5.32 Å². The van der Waals surface area contributed by atoms with Crippen molar-refractivity contribution in [2.75, 3.05) is 6.54 Å². The third-order valence-electron chi connectivity index (χ3n) is 2.63. The largest absolute Gasteiger partial charge is 0.314 e. The molecule has 0 saturated heterocycles. The Morgan fingerprint density at radius 2 is 1.94 bits per heavy atom. The Bertz CT molecular complexity index is 343. The highest BCUT2D eigenvalue weighted by Crippen LogP contribution is 2.08. The summed E-state index contributed by atoms with van der Waals surface area (Å²) < 4.78 is 25.8. The van der Waals surface area contributed by atoms with Gasteiger partial charge in [0.2, 0.25) is 0 Å². The Hall–Kier alpha value is -1.22. The summed E-state index contributed by atoms with van der Waals surface area (Å²) in [5.74, 6) is -1.03. The second-order valence-corrected chi connectivity index (χ2v) is 4.25. The molecule has 0 aliphatic carbocycles. The molecule has 0 spiro atoms. The summed E-state index contributed by atoms with van der Waals surface area (Å²) in [6, 6.07) is 4.04. The summed E-state index contributed by atoms with van der Waals surface area (Å²) in [6.07, 6.45) is 4.52. The lowest BCUT2D eigenvalue weighted by Crippen LogP contribution is -2.27. The van der Waals surface area contributed by atoms with Crippen molar-refractivity contribution in [2.45, 2.75) is 32.2 Å². The molecule has 0 aliphatic rings. The summed E-state index contributed by atoms with van der Waals surface area (Å²) >= 11 is 0. The lowest BCUT2D eigenvalue weighted by Gasteiger charge is -2.12. The van der Waals surface area contributed by atoms with Gasteiger partial charge in [0, 0.05) is 12.1 Å². The standard InChI is InChI=1S/C14H19F2N/c1-3-4-5-11(2)17-7-6-12-8-13(15)10-14(16)9-12/h3,8-11,17H,1,4-7H2,2H3. The van der Waals surface area contributed by atoms with E-state index in [0.29, 0.717) is 18.0 Å². The van der Waals surface area contributed by atoms with Crippen LogP contribution in [0.2, 0.25) is 0 Å². The number of hydrogen-bond acceptors (Lipinski definition) is 1. The Morgan fingerprint density at radius 3 is 2.53 bits per heavy atom. The maximum atomic E-state index is 12.9. The van der Waals surface area contributed by atoms with Crippen molar-refractivity contribution in [3.8, 4) is 0 Å². The van der Waals surface area contributed by atoms with Crippen LogP contribution in [0.5, 0.6) is 0 Å². The molecule has 1 aromatic carbocycles. The minimum Gasteiger partial charge on any atom is -0.314 e. The van der Waals surface area contributed by atoms with Crippen LogP contribution in [0.1, 0.15) is 25.3 Å². The first-order valence-electron chi connectivity index (χ1n) is 5.91. The van der Waals surface area contributed by atoms with E-state index in [4.69, 9.17) is 0 Å². The van der Waals surface area contributed by atoms with E-state index >= 15 is 0 Å². The minimum atomic E-state index is -0.514. The molecule has 1 atom stereocenters. The zero-order valence-corrected chi connectivity index (χ0v) is 10.2. The van der Waals surface area contributed by atoms with E-state index in [-0.39, 0.29) is 0 Å². The highest BCUT2D eigenvalue weighted by molar-refractivity contribution is 5.18. The van der Waals surface area contributed by atoms with Crippen molar-refractivity contribution in [2.24, 2.45) is 0 Å². The molecule has 1 aromatic rings. The fourth-order valence-corrected chi connectivity index (χ4v) is 1.69. The van der Waals surface area contributed by atoms with E-state index in [0.717, 1.165) is 25.5 Å². The summed E-state index contributed by atoms with van der Waals surface area (Å²) in [5.41, 5.74) is 0.686. The quantitative estimate of drug-likeness (QED) is 0.719. The van der Waals surface area contributed by atoms with Crippen LogP contribution < -0.4 is 5.32 Å². The number of benzene rings is 1. The molecular weight excluding hydrogens is 220 g/mol. The van der Waals surface area contributed by atoms with Crippen LogP contribution in [0.25, 0.3) is 0 Å². The van der Waals surface area contributed by atoms with Crippen molar-refractivity contribution in [3.63, 3.8) is 0 Å². The van der Waals surface area contributed by atoms with Gasteiger partial charge in [-0.1, -0.05) is 6.08 Å². The maximum Gasteiger partial charge on any atom is 0.126 e. The van der Waals surface area contributed by atoms with Gasteiger partial charge < -0.3 is 5.32 Å². The SMILES string of the molecule is C=CCCC(C)NCCc1cc(F)cc(F)c1. The fourth-order valence-electron chi connectivity index (χ4n) is 1.69. The van der Waals surface area contributed by atoms with E-state index in [9.17, 15) is 8.78 Å². The number of rotatable bonds is 7. The normalized spacial score (nSPS) is 12.4. The topological polar surface area (TPSA) is 12.0 Å². The molecule has 0 fully saturated rings. The van der Waals surface area contributed by atoms with Crippen LogP contribution in [0.15, 0.2) is 30.9 Å². The zero-order valence-electron chi connectivity index (χ0n) is 10.2. The van der Waals surface area contributed by atoms with Crippen LogP contribution >= 0.6 is 0 Å². The molecule has 0 amide bonds. The van der Waals surface area contributed by atoms with Gasteiger partial charge in [-0.3, -0.25) is 0 Å². The first-order valence-corrected chi connectivity index (χ1v) is 5.91. The Balaban J connectivity index is 2.32. The van der Waals surface area contributed by atoms with Gasteiger partial charge >= 0.3 is 0 Å². The van der Waals surface area contributed by atoms with Gasteiger partial charge in [0.05, 0.1) is 0 Å². The monoisotopic (exact) mass is 239 g/mol. The first-order chi connectivity index (χ1) is 8.11. The third kappa shape index (κ3) is 5.59. The number of nitrogens with one attached hydrogen (secondary N) is 1. The smallest absolute Gasteiger partial charge is 0.126 e.